The maximum atomic E-state index is 12.2. The highest BCUT2D eigenvalue weighted by atomic mass is 16.3. The average molecular weight is 301 g/mol. The van der Waals surface area contributed by atoms with Crippen molar-refractivity contribution in [2.45, 2.75) is 63.5 Å². The van der Waals surface area contributed by atoms with E-state index < -0.39 is 0 Å². The molecule has 1 aromatic rings. The van der Waals surface area contributed by atoms with E-state index in [0.717, 1.165) is 44.9 Å². The van der Waals surface area contributed by atoms with Gasteiger partial charge in [0.2, 0.25) is 5.91 Å². The van der Waals surface area contributed by atoms with Gasteiger partial charge in [0.25, 0.3) is 0 Å². The van der Waals surface area contributed by atoms with Crippen LogP contribution in [0, 0.1) is 11.8 Å². The molecule has 120 valence electrons. The molecule has 3 nitrogen and oxygen atoms in total. The number of aliphatic hydroxyl groups is 1. The van der Waals surface area contributed by atoms with Crippen LogP contribution >= 0.6 is 0 Å². The third kappa shape index (κ3) is 4.33. The van der Waals surface area contributed by atoms with E-state index in [1.54, 1.807) is 0 Å². The molecule has 2 aliphatic carbocycles. The van der Waals surface area contributed by atoms with Crippen LogP contribution in [0.25, 0.3) is 0 Å². The monoisotopic (exact) mass is 301 g/mol. The third-order valence-corrected chi connectivity index (χ3v) is 5.19. The first-order valence-electron chi connectivity index (χ1n) is 8.74. The Balaban J connectivity index is 1.32. The SMILES string of the molecule is O=C(NC1CCC(O)CC1)[C@@H]1C[C@H]1CCCc1ccccc1. The molecule has 0 aromatic heterocycles. The zero-order valence-corrected chi connectivity index (χ0v) is 13.2. The lowest BCUT2D eigenvalue weighted by atomic mass is 9.93. The second-order valence-corrected chi connectivity index (χ2v) is 6.99. The molecule has 2 saturated carbocycles. The molecular formula is C19H27NO2. The smallest absolute Gasteiger partial charge is 0.223 e. The van der Waals surface area contributed by atoms with Gasteiger partial charge >= 0.3 is 0 Å². The normalized spacial score (nSPS) is 30.8. The molecule has 0 radical (unpaired) electrons. The Hall–Kier alpha value is -1.35. The number of aliphatic hydroxyl groups excluding tert-OH is 1. The van der Waals surface area contributed by atoms with E-state index >= 15 is 0 Å². The highest BCUT2D eigenvalue weighted by molar-refractivity contribution is 5.81. The number of benzene rings is 1. The van der Waals surface area contributed by atoms with Gasteiger partial charge in [0, 0.05) is 12.0 Å². The summed E-state index contributed by atoms with van der Waals surface area (Å²) in [4.78, 5) is 12.2. The first kappa shape index (κ1) is 15.5. The first-order chi connectivity index (χ1) is 10.7. The standard InChI is InChI=1S/C19H27NO2/c21-17-11-9-16(10-12-17)20-19(22)18-13-15(18)8-4-7-14-5-2-1-3-6-14/h1-3,5-6,15-18,21H,4,7-13H2,(H,20,22)/t15-,16?,17?,18-/m1/s1. The lowest BCUT2D eigenvalue weighted by Crippen LogP contribution is -2.39. The van der Waals surface area contributed by atoms with Crippen molar-refractivity contribution in [1.82, 2.24) is 5.32 Å². The van der Waals surface area contributed by atoms with Gasteiger partial charge in [0.1, 0.15) is 0 Å². The van der Waals surface area contributed by atoms with Crippen molar-refractivity contribution in [2.24, 2.45) is 11.8 Å². The zero-order chi connectivity index (χ0) is 15.4. The van der Waals surface area contributed by atoms with Crippen molar-refractivity contribution in [2.75, 3.05) is 0 Å². The van der Waals surface area contributed by atoms with Gasteiger partial charge in [-0.25, -0.2) is 0 Å². The molecule has 2 atom stereocenters. The number of rotatable bonds is 6. The largest absolute Gasteiger partial charge is 0.393 e. The number of aryl methyl sites for hydroxylation is 1. The first-order valence-corrected chi connectivity index (χ1v) is 8.74. The van der Waals surface area contributed by atoms with E-state index in [-0.39, 0.29) is 17.9 Å². The lowest BCUT2D eigenvalue weighted by molar-refractivity contribution is -0.123. The van der Waals surface area contributed by atoms with E-state index in [9.17, 15) is 9.90 Å². The van der Waals surface area contributed by atoms with Crippen LogP contribution in [0.2, 0.25) is 0 Å². The minimum absolute atomic E-state index is 0.153. The minimum Gasteiger partial charge on any atom is -0.393 e. The van der Waals surface area contributed by atoms with Crippen molar-refractivity contribution in [3.05, 3.63) is 35.9 Å². The molecule has 22 heavy (non-hydrogen) atoms. The Morgan fingerprint density at radius 3 is 2.59 bits per heavy atom. The Bertz CT molecular complexity index is 479. The Kier molecular flexibility index (Phi) is 5.14. The van der Waals surface area contributed by atoms with Crippen molar-refractivity contribution in [1.29, 1.82) is 0 Å². The molecule has 1 amide bonds. The number of hydrogen-bond donors (Lipinski definition) is 2. The van der Waals surface area contributed by atoms with Gasteiger partial charge in [-0.3, -0.25) is 4.79 Å². The lowest BCUT2D eigenvalue weighted by Gasteiger charge is -2.26. The highest BCUT2D eigenvalue weighted by Gasteiger charge is 2.42. The van der Waals surface area contributed by atoms with Gasteiger partial charge in [-0.05, 0) is 62.8 Å². The minimum atomic E-state index is -0.153. The van der Waals surface area contributed by atoms with Crippen LogP contribution in [0.3, 0.4) is 0 Å². The molecule has 0 unspecified atom stereocenters. The summed E-state index contributed by atoms with van der Waals surface area (Å²) in [5.74, 6) is 1.10. The van der Waals surface area contributed by atoms with Crippen molar-refractivity contribution >= 4 is 5.91 Å². The zero-order valence-electron chi connectivity index (χ0n) is 13.2. The Morgan fingerprint density at radius 1 is 1.14 bits per heavy atom. The fraction of sp³-hybridized carbons (Fsp3) is 0.632. The molecular weight excluding hydrogens is 274 g/mol. The van der Waals surface area contributed by atoms with E-state index in [2.05, 4.69) is 35.6 Å². The van der Waals surface area contributed by atoms with Gasteiger partial charge in [-0.15, -0.1) is 0 Å². The van der Waals surface area contributed by atoms with E-state index in [4.69, 9.17) is 0 Å². The van der Waals surface area contributed by atoms with Crippen LogP contribution in [0.1, 0.15) is 50.5 Å². The summed E-state index contributed by atoms with van der Waals surface area (Å²) in [5, 5.41) is 12.7. The maximum absolute atomic E-state index is 12.2. The van der Waals surface area contributed by atoms with Crippen molar-refractivity contribution < 1.29 is 9.90 Å². The molecule has 0 spiro atoms. The van der Waals surface area contributed by atoms with Crippen LogP contribution in [-0.2, 0) is 11.2 Å². The number of amides is 1. The van der Waals surface area contributed by atoms with Gasteiger partial charge in [-0.2, -0.15) is 0 Å². The predicted octanol–water partition coefficient (Wildman–Crippen LogP) is 3.07. The summed E-state index contributed by atoms with van der Waals surface area (Å²) in [6.07, 6.45) is 7.88. The second kappa shape index (κ2) is 7.28. The number of nitrogens with one attached hydrogen (secondary N) is 1. The third-order valence-electron chi connectivity index (χ3n) is 5.19. The topological polar surface area (TPSA) is 49.3 Å². The Morgan fingerprint density at radius 2 is 1.86 bits per heavy atom. The van der Waals surface area contributed by atoms with E-state index in [0.29, 0.717) is 12.0 Å². The van der Waals surface area contributed by atoms with Gasteiger partial charge < -0.3 is 10.4 Å². The van der Waals surface area contributed by atoms with Crippen molar-refractivity contribution in [3.8, 4) is 0 Å². The fourth-order valence-electron chi connectivity index (χ4n) is 3.63. The van der Waals surface area contributed by atoms with Gasteiger partial charge in [0.15, 0.2) is 0 Å². The van der Waals surface area contributed by atoms with Gasteiger partial charge in [0.05, 0.1) is 6.10 Å². The molecule has 0 aliphatic heterocycles. The number of carbonyl (C=O) groups excluding carboxylic acids is 1. The highest BCUT2D eigenvalue weighted by Crippen LogP contribution is 2.42. The molecule has 0 saturated heterocycles. The van der Waals surface area contributed by atoms with Crippen LogP contribution in [0.5, 0.6) is 0 Å². The summed E-state index contributed by atoms with van der Waals surface area (Å²) in [6, 6.07) is 10.9. The summed E-state index contributed by atoms with van der Waals surface area (Å²) >= 11 is 0. The number of hydrogen-bond acceptors (Lipinski definition) is 2. The summed E-state index contributed by atoms with van der Waals surface area (Å²) < 4.78 is 0. The summed E-state index contributed by atoms with van der Waals surface area (Å²) in [6.45, 7) is 0. The predicted molar refractivity (Wildman–Crippen MR) is 87.4 cm³/mol. The fourth-order valence-corrected chi connectivity index (χ4v) is 3.63. The maximum Gasteiger partial charge on any atom is 0.223 e. The molecule has 3 heteroatoms. The molecule has 2 N–H and O–H groups in total. The van der Waals surface area contributed by atoms with Crippen LogP contribution in [-0.4, -0.2) is 23.2 Å². The summed E-state index contributed by atoms with van der Waals surface area (Å²) in [7, 11) is 0. The van der Waals surface area contributed by atoms with Crippen LogP contribution in [0.4, 0.5) is 0 Å². The number of carbonyl (C=O) groups is 1. The average Bonchev–Trinajstić information content (AvgIpc) is 3.30. The molecule has 1 aromatic carbocycles. The van der Waals surface area contributed by atoms with Crippen molar-refractivity contribution in [3.63, 3.8) is 0 Å². The molecule has 3 rings (SSSR count). The molecule has 0 bridgehead atoms. The van der Waals surface area contributed by atoms with Gasteiger partial charge in [-0.1, -0.05) is 30.3 Å². The van der Waals surface area contributed by atoms with Crippen LogP contribution < -0.4 is 5.32 Å². The van der Waals surface area contributed by atoms with E-state index in [1.165, 1.54) is 12.0 Å². The molecule has 2 fully saturated rings. The molecule has 0 heterocycles. The second-order valence-electron chi connectivity index (χ2n) is 6.99. The van der Waals surface area contributed by atoms with Crippen LogP contribution in [0.15, 0.2) is 30.3 Å². The van der Waals surface area contributed by atoms with E-state index in [1.807, 2.05) is 0 Å². The molecule has 2 aliphatic rings. The summed E-state index contributed by atoms with van der Waals surface area (Å²) in [5.41, 5.74) is 1.39. The quantitative estimate of drug-likeness (QED) is 0.848. The Labute approximate surface area is 133 Å².